The number of allylic oxidation sites excluding steroid dienone is 1. The van der Waals surface area contributed by atoms with E-state index in [1.54, 1.807) is 24.3 Å². The monoisotopic (exact) mass is 471 g/mol. The summed E-state index contributed by atoms with van der Waals surface area (Å²) >= 11 is 18.4. The quantitative estimate of drug-likeness (QED) is 0.402. The molecule has 2 heterocycles. The summed E-state index contributed by atoms with van der Waals surface area (Å²) in [6.45, 7) is 1.62. The van der Waals surface area contributed by atoms with E-state index in [1.807, 2.05) is 36.4 Å². The van der Waals surface area contributed by atoms with Crippen molar-refractivity contribution in [2.24, 2.45) is 0 Å². The van der Waals surface area contributed by atoms with E-state index in [0.717, 1.165) is 22.4 Å². The minimum Gasteiger partial charge on any atom is -0.478 e. The lowest BCUT2D eigenvalue weighted by atomic mass is 10.0. The molecule has 4 nitrogen and oxygen atoms in total. The first-order valence-electron chi connectivity index (χ1n) is 9.63. The zero-order valence-electron chi connectivity index (χ0n) is 16.2. The Labute approximate surface area is 194 Å². The molecular weight excluding hydrogens is 457 g/mol. The fourth-order valence-electron chi connectivity index (χ4n) is 3.74. The number of benzene rings is 3. The molecule has 0 fully saturated rings. The Morgan fingerprint density at radius 2 is 1.81 bits per heavy atom. The van der Waals surface area contributed by atoms with Crippen LogP contribution in [0.3, 0.4) is 0 Å². The van der Waals surface area contributed by atoms with Gasteiger partial charge in [-0.1, -0.05) is 59.1 Å². The fourth-order valence-corrected chi connectivity index (χ4v) is 4.25. The second kappa shape index (κ2) is 8.21. The first kappa shape index (κ1) is 20.4. The molecule has 0 aliphatic carbocycles. The molecule has 0 aromatic heterocycles. The summed E-state index contributed by atoms with van der Waals surface area (Å²) in [5.74, 6) is 1.34. The predicted octanol–water partition coefficient (Wildman–Crippen LogP) is 6.62. The highest BCUT2D eigenvalue weighted by atomic mass is 35.5. The van der Waals surface area contributed by atoms with Crippen LogP contribution in [-0.4, -0.2) is 17.4 Å². The van der Waals surface area contributed by atoms with Crippen molar-refractivity contribution < 1.29 is 14.3 Å². The third kappa shape index (κ3) is 3.92. The zero-order chi connectivity index (χ0) is 21.5. The number of fused-ring (bicyclic) bond motifs is 3. The normalized spacial score (nSPS) is 16.6. The van der Waals surface area contributed by atoms with Crippen LogP contribution >= 0.6 is 34.8 Å². The van der Waals surface area contributed by atoms with E-state index in [9.17, 15) is 4.79 Å². The van der Waals surface area contributed by atoms with Crippen molar-refractivity contribution in [1.29, 1.82) is 0 Å². The third-order valence-electron chi connectivity index (χ3n) is 5.26. The standard InChI is InChI=1S/C24H16Cl3NO3/c25-18-4-2-1-3-15(18)10-22-23(29)16-6-8-21-17(24(16)31-22)12-28(13-30-21)11-14-5-7-19(26)20(27)9-14/h1-10H,11-13H2/b22-10-. The maximum Gasteiger partial charge on any atom is 0.231 e. The highest BCUT2D eigenvalue weighted by Crippen LogP contribution is 2.42. The van der Waals surface area contributed by atoms with E-state index >= 15 is 0 Å². The van der Waals surface area contributed by atoms with Gasteiger partial charge in [-0.25, -0.2) is 0 Å². The van der Waals surface area contributed by atoms with Crippen LogP contribution < -0.4 is 9.47 Å². The molecule has 2 aliphatic heterocycles. The molecule has 7 heteroatoms. The van der Waals surface area contributed by atoms with Gasteiger partial charge in [-0.15, -0.1) is 0 Å². The predicted molar refractivity (Wildman–Crippen MR) is 122 cm³/mol. The lowest BCUT2D eigenvalue weighted by molar-refractivity contribution is 0.0873. The van der Waals surface area contributed by atoms with Crippen LogP contribution in [0.4, 0.5) is 0 Å². The molecule has 0 bridgehead atoms. The molecule has 2 aliphatic rings. The summed E-state index contributed by atoms with van der Waals surface area (Å²) in [6.07, 6.45) is 1.67. The summed E-state index contributed by atoms with van der Waals surface area (Å²) in [5, 5.41) is 1.59. The van der Waals surface area contributed by atoms with Crippen LogP contribution in [0.15, 0.2) is 60.4 Å². The van der Waals surface area contributed by atoms with E-state index in [2.05, 4.69) is 4.90 Å². The first-order chi connectivity index (χ1) is 15.0. The van der Waals surface area contributed by atoms with Crippen LogP contribution in [0.1, 0.15) is 27.0 Å². The van der Waals surface area contributed by atoms with Crippen LogP contribution in [0.2, 0.25) is 15.1 Å². The van der Waals surface area contributed by atoms with Crippen molar-refractivity contribution in [2.45, 2.75) is 13.1 Å². The lowest BCUT2D eigenvalue weighted by Gasteiger charge is -2.29. The van der Waals surface area contributed by atoms with E-state index in [4.69, 9.17) is 44.3 Å². The largest absolute Gasteiger partial charge is 0.478 e. The van der Waals surface area contributed by atoms with Crippen molar-refractivity contribution in [2.75, 3.05) is 6.73 Å². The topological polar surface area (TPSA) is 38.8 Å². The highest BCUT2D eigenvalue weighted by Gasteiger charge is 2.33. The second-order valence-electron chi connectivity index (χ2n) is 7.39. The average molecular weight is 473 g/mol. The van der Waals surface area contributed by atoms with Crippen molar-refractivity contribution >= 4 is 46.7 Å². The second-order valence-corrected chi connectivity index (χ2v) is 8.61. The third-order valence-corrected chi connectivity index (χ3v) is 6.35. The SMILES string of the molecule is O=C1/C(=C/c2ccccc2Cl)Oc2c1ccc1c2CN(Cc2ccc(Cl)c(Cl)c2)CO1. The number of ketones is 1. The van der Waals surface area contributed by atoms with Crippen molar-refractivity contribution in [3.63, 3.8) is 0 Å². The Kier molecular flexibility index (Phi) is 5.40. The molecule has 0 unspecified atom stereocenters. The molecule has 5 rings (SSSR count). The molecular formula is C24H16Cl3NO3. The van der Waals surface area contributed by atoms with Crippen LogP contribution in [-0.2, 0) is 13.1 Å². The van der Waals surface area contributed by atoms with Gasteiger partial charge in [-0.05, 0) is 47.5 Å². The molecule has 0 saturated heterocycles. The minimum absolute atomic E-state index is 0.167. The molecule has 0 atom stereocenters. The smallest absolute Gasteiger partial charge is 0.231 e. The molecule has 3 aromatic rings. The number of halogens is 3. The van der Waals surface area contributed by atoms with Gasteiger partial charge in [0, 0.05) is 18.1 Å². The number of Topliss-reactive ketones (excluding diaryl/α,β-unsaturated/α-hetero) is 1. The Bertz CT molecular complexity index is 1240. The van der Waals surface area contributed by atoms with Gasteiger partial charge in [0.05, 0.1) is 21.2 Å². The number of hydrogen-bond donors (Lipinski definition) is 0. The van der Waals surface area contributed by atoms with Gasteiger partial charge in [0.1, 0.15) is 18.2 Å². The lowest BCUT2D eigenvalue weighted by Crippen LogP contribution is -2.31. The first-order valence-corrected chi connectivity index (χ1v) is 10.8. The van der Waals surface area contributed by atoms with E-state index < -0.39 is 0 Å². The van der Waals surface area contributed by atoms with Crippen LogP contribution in [0, 0.1) is 0 Å². The van der Waals surface area contributed by atoms with E-state index in [-0.39, 0.29) is 11.5 Å². The van der Waals surface area contributed by atoms with E-state index in [0.29, 0.717) is 46.2 Å². The van der Waals surface area contributed by atoms with Gasteiger partial charge in [0.2, 0.25) is 5.78 Å². The summed E-state index contributed by atoms with van der Waals surface area (Å²) in [5.41, 5.74) is 3.12. The number of ether oxygens (including phenoxy) is 2. The molecule has 0 N–H and O–H groups in total. The Morgan fingerprint density at radius 3 is 2.61 bits per heavy atom. The maximum atomic E-state index is 12.9. The Morgan fingerprint density at radius 1 is 0.968 bits per heavy atom. The van der Waals surface area contributed by atoms with Gasteiger partial charge in [-0.3, -0.25) is 9.69 Å². The highest BCUT2D eigenvalue weighted by molar-refractivity contribution is 6.42. The summed E-state index contributed by atoms with van der Waals surface area (Å²) < 4.78 is 11.9. The minimum atomic E-state index is -0.167. The van der Waals surface area contributed by atoms with Crippen molar-refractivity contribution in [3.8, 4) is 11.5 Å². The van der Waals surface area contributed by atoms with Crippen molar-refractivity contribution in [1.82, 2.24) is 4.90 Å². The van der Waals surface area contributed by atoms with Gasteiger partial charge in [0.15, 0.2) is 5.76 Å². The number of rotatable bonds is 3. The van der Waals surface area contributed by atoms with Gasteiger partial charge >= 0.3 is 0 Å². The number of nitrogens with zero attached hydrogens (tertiary/aromatic N) is 1. The van der Waals surface area contributed by atoms with Gasteiger partial charge < -0.3 is 9.47 Å². The zero-order valence-corrected chi connectivity index (χ0v) is 18.5. The van der Waals surface area contributed by atoms with Crippen molar-refractivity contribution in [3.05, 3.63) is 97.7 Å². The molecule has 0 radical (unpaired) electrons. The van der Waals surface area contributed by atoms with Gasteiger partial charge in [0.25, 0.3) is 0 Å². The Hall–Kier alpha value is -2.50. The number of carbonyl (C=O) groups excluding carboxylic acids is 1. The number of hydrogen-bond acceptors (Lipinski definition) is 4. The average Bonchev–Trinajstić information content (AvgIpc) is 3.08. The fraction of sp³-hybridized carbons (Fsp3) is 0.125. The summed E-state index contributed by atoms with van der Waals surface area (Å²) in [7, 11) is 0. The van der Waals surface area contributed by atoms with Crippen LogP contribution in [0.5, 0.6) is 11.5 Å². The molecule has 3 aromatic carbocycles. The molecule has 0 saturated carbocycles. The molecule has 156 valence electrons. The molecule has 0 amide bonds. The van der Waals surface area contributed by atoms with Gasteiger partial charge in [-0.2, -0.15) is 0 Å². The summed E-state index contributed by atoms with van der Waals surface area (Å²) in [6, 6.07) is 16.5. The maximum absolute atomic E-state index is 12.9. The Balaban J connectivity index is 1.43. The molecule has 0 spiro atoms. The van der Waals surface area contributed by atoms with Crippen LogP contribution in [0.25, 0.3) is 6.08 Å². The van der Waals surface area contributed by atoms with E-state index in [1.165, 1.54) is 0 Å². The molecule has 31 heavy (non-hydrogen) atoms. The summed E-state index contributed by atoms with van der Waals surface area (Å²) in [4.78, 5) is 15.0. The number of carbonyl (C=O) groups is 1.